The molecule has 0 aliphatic heterocycles. The van der Waals surface area contributed by atoms with Gasteiger partial charge in [0, 0.05) is 16.6 Å². The molecule has 2 heterocycles. The fourth-order valence-electron chi connectivity index (χ4n) is 2.74. The number of fused-ring (bicyclic) bond motifs is 3. The van der Waals surface area contributed by atoms with E-state index < -0.39 is 0 Å². The Bertz CT molecular complexity index is 955. The number of hydrogen-bond acceptors (Lipinski definition) is 3. The molecule has 4 aromatic rings. The summed E-state index contributed by atoms with van der Waals surface area (Å²) in [6.07, 6.45) is 0. The quantitative estimate of drug-likeness (QED) is 0.541. The van der Waals surface area contributed by atoms with Crippen molar-refractivity contribution in [2.75, 3.05) is 5.73 Å². The Morgan fingerprint density at radius 1 is 0.952 bits per heavy atom. The van der Waals surface area contributed by atoms with E-state index in [9.17, 15) is 0 Å². The van der Waals surface area contributed by atoms with Crippen molar-refractivity contribution in [3.8, 4) is 11.4 Å². The summed E-state index contributed by atoms with van der Waals surface area (Å²) in [5.74, 6) is 0.848. The summed E-state index contributed by atoms with van der Waals surface area (Å²) in [6, 6.07) is 18.1. The highest BCUT2D eigenvalue weighted by Gasteiger charge is 2.12. The van der Waals surface area contributed by atoms with Gasteiger partial charge in [-0.15, -0.1) is 10.2 Å². The molecule has 4 heteroatoms. The molecular formula is C17H14N4. The van der Waals surface area contributed by atoms with Crippen LogP contribution in [0.15, 0.2) is 54.6 Å². The lowest BCUT2D eigenvalue weighted by molar-refractivity contribution is 1.12. The Labute approximate surface area is 121 Å². The lowest BCUT2D eigenvalue weighted by atomic mass is 10.1. The van der Waals surface area contributed by atoms with Gasteiger partial charge in [-0.1, -0.05) is 30.3 Å². The second-order valence-corrected chi connectivity index (χ2v) is 5.19. The van der Waals surface area contributed by atoms with Crippen molar-refractivity contribution in [3.63, 3.8) is 0 Å². The fourth-order valence-corrected chi connectivity index (χ4v) is 2.74. The first kappa shape index (κ1) is 11.9. The molecule has 2 N–H and O–H groups in total. The van der Waals surface area contributed by atoms with E-state index in [1.165, 1.54) is 0 Å². The Hall–Kier alpha value is -2.88. The van der Waals surface area contributed by atoms with Crippen molar-refractivity contribution < 1.29 is 0 Å². The number of pyridine rings is 1. The standard InChI is InChI=1S/C17H14N4/c1-11-9-16-19-20-17(12-5-3-2-4-6-12)21(16)15-8-7-13(18)10-14(11)15/h2-10H,18H2,1H3. The van der Waals surface area contributed by atoms with Crippen LogP contribution in [0.5, 0.6) is 0 Å². The van der Waals surface area contributed by atoms with Gasteiger partial charge in [0.1, 0.15) is 0 Å². The third kappa shape index (κ3) is 1.76. The average molecular weight is 274 g/mol. The lowest BCUT2D eigenvalue weighted by Gasteiger charge is -2.08. The molecule has 102 valence electrons. The van der Waals surface area contributed by atoms with Crippen molar-refractivity contribution in [1.29, 1.82) is 0 Å². The number of rotatable bonds is 1. The average Bonchev–Trinajstić information content (AvgIpc) is 2.92. The monoisotopic (exact) mass is 274 g/mol. The maximum atomic E-state index is 5.92. The predicted molar refractivity (Wildman–Crippen MR) is 85.1 cm³/mol. The highest BCUT2D eigenvalue weighted by molar-refractivity contribution is 5.89. The topological polar surface area (TPSA) is 56.2 Å². The molecule has 4 rings (SSSR count). The first-order valence-corrected chi connectivity index (χ1v) is 6.83. The zero-order valence-corrected chi connectivity index (χ0v) is 11.6. The Morgan fingerprint density at radius 3 is 2.57 bits per heavy atom. The summed E-state index contributed by atoms with van der Waals surface area (Å²) in [7, 11) is 0. The van der Waals surface area contributed by atoms with Crippen LogP contribution in [0, 0.1) is 6.92 Å². The van der Waals surface area contributed by atoms with Crippen LogP contribution in [0.1, 0.15) is 5.56 Å². The third-order valence-electron chi connectivity index (χ3n) is 3.75. The number of aryl methyl sites for hydroxylation is 1. The van der Waals surface area contributed by atoms with Gasteiger partial charge in [0.15, 0.2) is 11.5 Å². The van der Waals surface area contributed by atoms with E-state index in [2.05, 4.69) is 21.5 Å². The number of hydrogen-bond donors (Lipinski definition) is 1. The fraction of sp³-hybridized carbons (Fsp3) is 0.0588. The Morgan fingerprint density at radius 2 is 1.76 bits per heavy atom. The second kappa shape index (κ2) is 4.31. The van der Waals surface area contributed by atoms with Gasteiger partial charge in [-0.2, -0.15) is 0 Å². The van der Waals surface area contributed by atoms with Gasteiger partial charge in [-0.05, 0) is 36.8 Å². The molecule has 0 aliphatic rings. The van der Waals surface area contributed by atoms with E-state index in [0.717, 1.165) is 39.2 Å². The molecule has 0 bridgehead atoms. The zero-order valence-electron chi connectivity index (χ0n) is 11.6. The van der Waals surface area contributed by atoms with E-state index in [1.54, 1.807) is 0 Å². The predicted octanol–water partition coefficient (Wildman–Crippen LogP) is 3.44. The van der Waals surface area contributed by atoms with E-state index in [1.807, 2.05) is 54.6 Å². The number of benzene rings is 2. The van der Waals surface area contributed by atoms with Gasteiger partial charge in [0.25, 0.3) is 0 Å². The van der Waals surface area contributed by atoms with Crippen LogP contribution in [-0.2, 0) is 0 Å². The summed E-state index contributed by atoms with van der Waals surface area (Å²) in [4.78, 5) is 0. The molecule has 4 nitrogen and oxygen atoms in total. The zero-order chi connectivity index (χ0) is 14.4. The molecule has 0 radical (unpaired) electrons. The minimum Gasteiger partial charge on any atom is -0.399 e. The third-order valence-corrected chi connectivity index (χ3v) is 3.75. The largest absolute Gasteiger partial charge is 0.399 e. The molecule has 0 saturated carbocycles. The molecule has 0 saturated heterocycles. The van der Waals surface area contributed by atoms with Crippen LogP contribution in [0.3, 0.4) is 0 Å². The Balaban J connectivity index is 2.16. The van der Waals surface area contributed by atoms with Gasteiger partial charge in [0.2, 0.25) is 0 Å². The number of nitrogens with two attached hydrogens (primary N) is 1. The van der Waals surface area contributed by atoms with E-state index in [4.69, 9.17) is 5.73 Å². The van der Waals surface area contributed by atoms with Crippen LogP contribution in [0.2, 0.25) is 0 Å². The molecule has 2 aromatic carbocycles. The maximum Gasteiger partial charge on any atom is 0.168 e. The summed E-state index contributed by atoms with van der Waals surface area (Å²) in [5.41, 5.74) is 10.8. The molecule has 2 aromatic heterocycles. The smallest absolute Gasteiger partial charge is 0.168 e. The number of anilines is 1. The van der Waals surface area contributed by atoms with Gasteiger partial charge in [-0.3, -0.25) is 4.40 Å². The van der Waals surface area contributed by atoms with Crippen molar-refractivity contribution in [2.24, 2.45) is 0 Å². The van der Waals surface area contributed by atoms with Crippen LogP contribution >= 0.6 is 0 Å². The first-order valence-electron chi connectivity index (χ1n) is 6.83. The first-order chi connectivity index (χ1) is 10.2. The lowest BCUT2D eigenvalue weighted by Crippen LogP contribution is -1.95. The van der Waals surface area contributed by atoms with Crippen LogP contribution in [0.25, 0.3) is 27.9 Å². The molecule has 0 unspecified atom stereocenters. The summed E-state index contributed by atoms with van der Waals surface area (Å²) < 4.78 is 2.08. The Kier molecular flexibility index (Phi) is 2.44. The van der Waals surface area contributed by atoms with Gasteiger partial charge >= 0.3 is 0 Å². The molecule has 0 fully saturated rings. The summed E-state index contributed by atoms with van der Waals surface area (Å²) in [5, 5.41) is 9.80. The molecule has 0 spiro atoms. The maximum absolute atomic E-state index is 5.92. The molecule has 0 aliphatic carbocycles. The number of nitrogens with zero attached hydrogens (tertiary/aromatic N) is 3. The van der Waals surface area contributed by atoms with Crippen molar-refractivity contribution in [1.82, 2.24) is 14.6 Å². The molecule has 0 amide bonds. The van der Waals surface area contributed by atoms with Crippen molar-refractivity contribution in [3.05, 3.63) is 60.2 Å². The van der Waals surface area contributed by atoms with Crippen molar-refractivity contribution >= 4 is 22.2 Å². The minimum atomic E-state index is 0.763. The highest BCUT2D eigenvalue weighted by atomic mass is 15.2. The summed E-state index contributed by atoms with van der Waals surface area (Å²) >= 11 is 0. The number of nitrogen functional groups attached to an aromatic ring is 1. The van der Waals surface area contributed by atoms with Gasteiger partial charge < -0.3 is 5.73 Å². The normalized spacial score (nSPS) is 11.3. The summed E-state index contributed by atoms with van der Waals surface area (Å²) in [6.45, 7) is 2.07. The minimum absolute atomic E-state index is 0.763. The van der Waals surface area contributed by atoms with Gasteiger partial charge in [0.05, 0.1) is 5.52 Å². The molecule has 21 heavy (non-hydrogen) atoms. The van der Waals surface area contributed by atoms with E-state index >= 15 is 0 Å². The highest BCUT2D eigenvalue weighted by Crippen LogP contribution is 2.27. The van der Waals surface area contributed by atoms with E-state index in [0.29, 0.717) is 0 Å². The second-order valence-electron chi connectivity index (χ2n) is 5.19. The molecular weight excluding hydrogens is 260 g/mol. The molecule has 0 atom stereocenters. The van der Waals surface area contributed by atoms with Crippen LogP contribution in [0.4, 0.5) is 5.69 Å². The SMILES string of the molecule is Cc1cc2nnc(-c3ccccc3)n2c2ccc(N)cc12. The number of aromatic nitrogens is 3. The van der Waals surface area contributed by atoms with Gasteiger partial charge in [-0.25, -0.2) is 0 Å². The van der Waals surface area contributed by atoms with Crippen LogP contribution < -0.4 is 5.73 Å². The van der Waals surface area contributed by atoms with Crippen molar-refractivity contribution in [2.45, 2.75) is 6.92 Å². The van der Waals surface area contributed by atoms with E-state index in [-0.39, 0.29) is 0 Å². The van der Waals surface area contributed by atoms with Crippen LogP contribution in [-0.4, -0.2) is 14.6 Å².